The lowest BCUT2D eigenvalue weighted by Gasteiger charge is -2.34. The summed E-state index contributed by atoms with van der Waals surface area (Å²) in [6.07, 6.45) is 5.26. The molecule has 1 saturated heterocycles. The van der Waals surface area contributed by atoms with Crippen LogP contribution in [0.15, 0.2) is 24.3 Å². The molecule has 1 N–H and O–H groups in total. The van der Waals surface area contributed by atoms with E-state index in [-0.39, 0.29) is 17.7 Å². The molecule has 2 aliphatic carbocycles. The fourth-order valence-corrected chi connectivity index (χ4v) is 4.46. The van der Waals surface area contributed by atoms with E-state index < -0.39 is 0 Å². The van der Waals surface area contributed by atoms with Crippen LogP contribution in [-0.4, -0.2) is 37.0 Å². The summed E-state index contributed by atoms with van der Waals surface area (Å²) in [7, 11) is 0. The zero-order chi connectivity index (χ0) is 16.1. The van der Waals surface area contributed by atoms with Crippen molar-refractivity contribution in [1.82, 2.24) is 10.2 Å². The molecular formula is C20H26N2O2. The summed E-state index contributed by atoms with van der Waals surface area (Å²) in [6.45, 7) is 3.57. The van der Waals surface area contributed by atoms with E-state index in [0.29, 0.717) is 12.6 Å². The molecule has 3 fully saturated rings. The van der Waals surface area contributed by atoms with Crippen molar-refractivity contribution in [1.29, 1.82) is 0 Å². The van der Waals surface area contributed by atoms with E-state index in [1.165, 1.54) is 31.2 Å². The van der Waals surface area contributed by atoms with Gasteiger partial charge in [0.1, 0.15) is 5.75 Å². The highest BCUT2D eigenvalue weighted by Gasteiger charge is 2.49. The van der Waals surface area contributed by atoms with Gasteiger partial charge in [-0.15, -0.1) is 0 Å². The molecule has 4 nitrogen and oxygen atoms in total. The number of hydrogen-bond acceptors (Lipinski definition) is 3. The Kier molecular flexibility index (Phi) is 3.55. The zero-order valence-corrected chi connectivity index (χ0v) is 14.1. The van der Waals surface area contributed by atoms with Gasteiger partial charge in [-0.2, -0.15) is 0 Å². The molecule has 1 amide bonds. The normalized spacial score (nSPS) is 31.9. The van der Waals surface area contributed by atoms with Gasteiger partial charge < -0.3 is 10.1 Å². The molecule has 128 valence electrons. The third-order valence-electron chi connectivity index (χ3n) is 6.20. The lowest BCUT2D eigenvalue weighted by molar-refractivity contribution is -0.126. The second-order valence-electron chi connectivity index (χ2n) is 8.15. The van der Waals surface area contributed by atoms with Gasteiger partial charge >= 0.3 is 0 Å². The highest BCUT2D eigenvalue weighted by Crippen LogP contribution is 2.48. The van der Waals surface area contributed by atoms with Crippen molar-refractivity contribution in [3.63, 3.8) is 0 Å². The monoisotopic (exact) mass is 326 g/mol. The third kappa shape index (κ3) is 2.71. The average Bonchev–Trinajstić information content (AvgIpc) is 3.52. The van der Waals surface area contributed by atoms with Crippen LogP contribution in [0.2, 0.25) is 0 Å². The number of ether oxygens (including phenoxy) is 1. The predicted molar refractivity (Wildman–Crippen MR) is 91.7 cm³/mol. The van der Waals surface area contributed by atoms with Gasteiger partial charge in [-0.1, -0.05) is 18.2 Å². The molecule has 2 aliphatic heterocycles. The standard InChI is InChI=1S/C20H26N2O2/c23-20(21-9-13-5-6-13)16-11-22(10-14-7-8-14)19-15-3-1-2-4-18(15)24-12-17(16)19/h1-4,13-14,16-17,19H,5-12H2,(H,21,23)/t16-,17+,19+/m1/s1. The van der Waals surface area contributed by atoms with E-state index >= 15 is 0 Å². The van der Waals surface area contributed by atoms with Crippen LogP contribution in [0.25, 0.3) is 0 Å². The number of likely N-dealkylation sites (tertiary alicyclic amines) is 1. The number of benzene rings is 1. The number of fused-ring (bicyclic) bond motifs is 3. The van der Waals surface area contributed by atoms with Crippen molar-refractivity contribution < 1.29 is 9.53 Å². The molecule has 0 unspecified atom stereocenters. The van der Waals surface area contributed by atoms with Gasteiger partial charge in [-0.05, 0) is 43.6 Å². The summed E-state index contributed by atoms with van der Waals surface area (Å²) >= 11 is 0. The minimum Gasteiger partial charge on any atom is -0.493 e. The summed E-state index contributed by atoms with van der Waals surface area (Å²) in [6, 6.07) is 8.75. The Labute approximate surface area is 143 Å². The van der Waals surface area contributed by atoms with Crippen molar-refractivity contribution in [3.05, 3.63) is 29.8 Å². The second-order valence-corrected chi connectivity index (χ2v) is 8.15. The molecule has 2 saturated carbocycles. The van der Waals surface area contributed by atoms with E-state index in [1.54, 1.807) is 0 Å². The maximum Gasteiger partial charge on any atom is 0.224 e. The number of carbonyl (C=O) groups is 1. The van der Waals surface area contributed by atoms with Crippen molar-refractivity contribution in [2.24, 2.45) is 23.7 Å². The van der Waals surface area contributed by atoms with Crippen LogP contribution in [0.5, 0.6) is 5.75 Å². The summed E-state index contributed by atoms with van der Waals surface area (Å²) in [5.41, 5.74) is 1.28. The smallest absolute Gasteiger partial charge is 0.224 e. The number of nitrogens with zero attached hydrogens (tertiary/aromatic N) is 1. The predicted octanol–water partition coefficient (Wildman–Crippen LogP) is 2.60. The largest absolute Gasteiger partial charge is 0.493 e. The Morgan fingerprint density at radius 2 is 1.96 bits per heavy atom. The molecule has 1 aromatic rings. The zero-order valence-electron chi connectivity index (χ0n) is 14.1. The number of hydrogen-bond donors (Lipinski definition) is 1. The minimum atomic E-state index is 0.0702. The topological polar surface area (TPSA) is 41.6 Å². The Hall–Kier alpha value is -1.55. The van der Waals surface area contributed by atoms with Crippen LogP contribution in [0, 0.1) is 23.7 Å². The minimum absolute atomic E-state index is 0.0702. The molecular weight excluding hydrogens is 300 g/mol. The number of rotatable bonds is 5. The Bertz CT molecular complexity index is 638. The number of carbonyl (C=O) groups excluding carboxylic acids is 1. The maximum absolute atomic E-state index is 12.8. The molecule has 3 atom stereocenters. The molecule has 0 spiro atoms. The van der Waals surface area contributed by atoms with Crippen molar-refractivity contribution in [2.45, 2.75) is 31.7 Å². The van der Waals surface area contributed by atoms with E-state index in [2.05, 4.69) is 28.4 Å². The van der Waals surface area contributed by atoms with Crippen LogP contribution >= 0.6 is 0 Å². The van der Waals surface area contributed by atoms with Gasteiger partial charge in [0.15, 0.2) is 0 Å². The van der Waals surface area contributed by atoms with Gasteiger partial charge in [-0.3, -0.25) is 9.69 Å². The Morgan fingerprint density at radius 3 is 2.75 bits per heavy atom. The number of amides is 1. The first kappa shape index (κ1) is 14.8. The molecule has 5 rings (SSSR count). The molecule has 0 radical (unpaired) electrons. The Morgan fingerprint density at radius 1 is 1.17 bits per heavy atom. The van der Waals surface area contributed by atoms with Crippen LogP contribution in [0.3, 0.4) is 0 Å². The maximum atomic E-state index is 12.8. The van der Waals surface area contributed by atoms with Crippen LogP contribution < -0.4 is 10.1 Å². The quantitative estimate of drug-likeness (QED) is 0.904. The highest BCUT2D eigenvalue weighted by atomic mass is 16.5. The van der Waals surface area contributed by atoms with E-state index in [9.17, 15) is 4.79 Å². The molecule has 24 heavy (non-hydrogen) atoms. The molecule has 0 aromatic heterocycles. The summed E-state index contributed by atoms with van der Waals surface area (Å²) in [5, 5.41) is 3.21. The molecule has 4 heteroatoms. The average molecular weight is 326 g/mol. The first-order chi connectivity index (χ1) is 11.8. The summed E-state index contributed by atoms with van der Waals surface area (Å²) < 4.78 is 6.02. The van der Waals surface area contributed by atoms with Crippen molar-refractivity contribution in [3.8, 4) is 5.75 Å². The van der Waals surface area contributed by atoms with Gasteiger partial charge in [0.2, 0.25) is 5.91 Å². The fourth-order valence-electron chi connectivity index (χ4n) is 4.46. The summed E-state index contributed by atoms with van der Waals surface area (Å²) in [4.78, 5) is 15.4. The second kappa shape index (κ2) is 5.76. The van der Waals surface area contributed by atoms with Gasteiger partial charge in [0, 0.05) is 37.2 Å². The molecule has 0 bridgehead atoms. The highest BCUT2D eigenvalue weighted by molar-refractivity contribution is 5.80. The lowest BCUT2D eigenvalue weighted by atomic mass is 9.85. The number of nitrogens with one attached hydrogen (secondary N) is 1. The molecule has 1 aromatic carbocycles. The number of para-hydroxylation sites is 1. The van der Waals surface area contributed by atoms with Crippen molar-refractivity contribution >= 4 is 5.91 Å². The summed E-state index contributed by atoms with van der Waals surface area (Å²) in [5.74, 6) is 3.20. The SMILES string of the molecule is O=C(NCC1CC1)[C@@H]1CN(CC2CC2)[C@H]2c3ccccc3OC[C@@H]12. The van der Waals surface area contributed by atoms with Crippen LogP contribution in [-0.2, 0) is 4.79 Å². The van der Waals surface area contributed by atoms with E-state index in [1.807, 2.05) is 6.07 Å². The molecule has 2 heterocycles. The van der Waals surface area contributed by atoms with Gasteiger partial charge in [0.25, 0.3) is 0 Å². The lowest BCUT2D eigenvalue weighted by Crippen LogP contribution is -2.38. The molecule has 4 aliphatic rings. The van der Waals surface area contributed by atoms with Crippen LogP contribution in [0.4, 0.5) is 0 Å². The van der Waals surface area contributed by atoms with E-state index in [4.69, 9.17) is 4.74 Å². The van der Waals surface area contributed by atoms with E-state index in [0.717, 1.165) is 37.2 Å². The van der Waals surface area contributed by atoms with Gasteiger partial charge in [0.05, 0.1) is 12.5 Å². The van der Waals surface area contributed by atoms with Crippen molar-refractivity contribution in [2.75, 3.05) is 26.2 Å². The van der Waals surface area contributed by atoms with Crippen LogP contribution in [0.1, 0.15) is 37.3 Å². The Balaban J connectivity index is 1.39. The third-order valence-corrected chi connectivity index (χ3v) is 6.20. The van der Waals surface area contributed by atoms with Gasteiger partial charge in [-0.25, -0.2) is 0 Å². The first-order valence-electron chi connectivity index (χ1n) is 9.53. The first-order valence-corrected chi connectivity index (χ1v) is 9.53. The fraction of sp³-hybridized carbons (Fsp3) is 0.650.